The maximum atomic E-state index is 11.8. The molecule has 2 rings (SSSR count). The van der Waals surface area contributed by atoms with Gasteiger partial charge in [-0.2, -0.15) is 0 Å². The molecule has 1 aromatic carbocycles. The van der Waals surface area contributed by atoms with E-state index in [9.17, 15) is 4.79 Å². The lowest BCUT2D eigenvalue weighted by Gasteiger charge is -2.18. The summed E-state index contributed by atoms with van der Waals surface area (Å²) in [4.78, 5) is 11.8. The average Bonchev–Trinajstić information content (AvgIpc) is 2.66. The van der Waals surface area contributed by atoms with Crippen molar-refractivity contribution < 1.29 is 14.3 Å². The van der Waals surface area contributed by atoms with E-state index in [4.69, 9.17) is 9.47 Å². The molecule has 1 heterocycles. The number of carbonyl (C=O) groups excluding carboxylic acids is 1. The van der Waals surface area contributed by atoms with Gasteiger partial charge in [-0.05, 0) is 12.5 Å². The summed E-state index contributed by atoms with van der Waals surface area (Å²) in [7, 11) is 1.43. The van der Waals surface area contributed by atoms with Crippen molar-refractivity contribution >= 4 is 28.6 Å². The number of esters is 1. The molecule has 4 heteroatoms. The number of ether oxygens (including phenoxy) is 2. The summed E-state index contributed by atoms with van der Waals surface area (Å²) in [6.45, 7) is 2.00. The van der Waals surface area contributed by atoms with Crippen LogP contribution in [0.3, 0.4) is 0 Å². The van der Waals surface area contributed by atoms with Crippen LogP contribution in [0.15, 0.2) is 30.3 Å². The quantitative estimate of drug-likeness (QED) is 0.469. The van der Waals surface area contributed by atoms with Crippen LogP contribution in [0.1, 0.15) is 18.6 Å². The van der Waals surface area contributed by atoms with Crippen LogP contribution in [0.5, 0.6) is 0 Å². The second kappa shape index (κ2) is 5.35. The highest BCUT2D eigenvalue weighted by molar-refractivity contribution is 14.1. The third-order valence-corrected chi connectivity index (χ3v) is 4.87. The van der Waals surface area contributed by atoms with Gasteiger partial charge in [-0.3, -0.25) is 4.79 Å². The van der Waals surface area contributed by atoms with E-state index in [1.807, 2.05) is 37.3 Å². The van der Waals surface area contributed by atoms with Gasteiger partial charge >= 0.3 is 5.97 Å². The predicted octanol–water partition coefficient (Wildman–Crippen LogP) is 2.74. The van der Waals surface area contributed by atoms with Crippen LogP contribution in [-0.2, 0) is 14.3 Å². The Labute approximate surface area is 115 Å². The maximum Gasteiger partial charge on any atom is 0.312 e. The lowest BCUT2D eigenvalue weighted by molar-refractivity contribution is -0.147. The molecule has 0 amide bonds. The minimum Gasteiger partial charge on any atom is -0.469 e. The molecule has 0 saturated carbocycles. The van der Waals surface area contributed by atoms with E-state index in [1.165, 1.54) is 7.11 Å². The number of alkyl halides is 1. The minimum atomic E-state index is -0.224. The Morgan fingerprint density at radius 2 is 2.00 bits per heavy atom. The summed E-state index contributed by atoms with van der Waals surface area (Å²) < 4.78 is 10.9. The molecule has 1 fully saturated rings. The Morgan fingerprint density at radius 1 is 1.35 bits per heavy atom. The topological polar surface area (TPSA) is 35.5 Å². The molecule has 1 aromatic rings. The van der Waals surface area contributed by atoms with Gasteiger partial charge < -0.3 is 9.47 Å². The highest BCUT2D eigenvalue weighted by Crippen LogP contribution is 2.42. The molecule has 0 radical (unpaired) electrons. The number of carbonyl (C=O) groups is 1. The summed E-state index contributed by atoms with van der Waals surface area (Å²) in [5, 5.41) is 0. The summed E-state index contributed by atoms with van der Waals surface area (Å²) in [6.07, 6.45) is -0.134. The van der Waals surface area contributed by atoms with Gasteiger partial charge in [-0.25, -0.2) is 0 Å². The Hall–Kier alpha value is -0.620. The lowest BCUT2D eigenvalue weighted by Crippen LogP contribution is -2.27. The third kappa shape index (κ3) is 2.47. The fourth-order valence-corrected chi connectivity index (χ4v) is 3.01. The molecule has 0 aliphatic carbocycles. The van der Waals surface area contributed by atoms with E-state index >= 15 is 0 Å². The SMILES string of the molecule is COC(=O)[C@H]1[C@@H](I)[C@H](C)O[C@H]1c1ccccc1. The zero-order valence-corrected chi connectivity index (χ0v) is 12.0. The molecule has 0 unspecified atom stereocenters. The van der Waals surface area contributed by atoms with Crippen LogP contribution in [0.25, 0.3) is 0 Å². The largest absolute Gasteiger partial charge is 0.469 e. The van der Waals surface area contributed by atoms with Crippen LogP contribution in [0.2, 0.25) is 0 Å². The van der Waals surface area contributed by atoms with E-state index in [1.54, 1.807) is 0 Å². The van der Waals surface area contributed by atoms with Gasteiger partial charge in [0.05, 0.1) is 23.2 Å². The van der Waals surface area contributed by atoms with Gasteiger partial charge in [-0.15, -0.1) is 0 Å². The van der Waals surface area contributed by atoms with E-state index < -0.39 is 0 Å². The molecule has 0 aromatic heterocycles. The highest BCUT2D eigenvalue weighted by Gasteiger charge is 2.46. The van der Waals surface area contributed by atoms with Crippen LogP contribution in [0, 0.1) is 5.92 Å². The molecular weight excluding hydrogens is 331 g/mol. The molecule has 1 saturated heterocycles. The molecular formula is C13H15IO3. The summed E-state index contributed by atoms with van der Waals surface area (Å²) in [5.41, 5.74) is 1.04. The monoisotopic (exact) mass is 346 g/mol. The summed E-state index contributed by atoms with van der Waals surface area (Å²) in [5.74, 6) is -0.416. The molecule has 17 heavy (non-hydrogen) atoms. The highest BCUT2D eigenvalue weighted by atomic mass is 127. The normalized spacial score (nSPS) is 32.4. The van der Waals surface area contributed by atoms with Crippen molar-refractivity contribution in [1.29, 1.82) is 0 Å². The molecule has 4 atom stereocenters. The summed E-state index contributed by atoms with van der Waals surface area (Å²) in [6, 6.07) is 9.84. The maximum absolute atomic E-state index is 11.8. The zero-order valence-electron chi connectivity index (χ0n) is 9.80. The van der Waals surface area contributed by atoms with E-state index in [2.05, 4.69) is 22.6 Å². The van der Waals surface area contributed by atoms with Crippen molar-refractivity contribution in [3.63, 3.8) is 0 Å². The number of hydrogen-bond acceptors (Lipinski definition) is 3. The molecule has 0 N–H and O–H groups in total. The molecule has 92 valence electrons. The number of rotatable bonds is 2. The first kappa shape index (κ1) is 12.8. The minimum absolute atomic E-state index is 0.0601. The zero-order chi connectivity index (χ0) is 12.4. The van der Waals surface area contributed by atoms with Crippen molar-refractivity contribution in [2.24, 2.45) is 5.92 Å². The molecule has 1 aliphatic heterocycles. The Bertz CT molecular complexity index is 393. The Morgan fingerprint density at radius 3 is 2.59 bits per heavy atom. The second-order valence-electron chi connectivity index (χ2n) is 4.17. The van der Waals surface area contributed by atoms with Crippen molar-refractivity contribution in [2.45, 2.75) is 23.1 Å². The van der Waals surface area contributed by atoms with Crippen LogP contribution < -0.4 is 0 Å². The molecule has 0 spiro atoms. The smallest absolute Gasteiger partial charge is 0.312 e. The Kier molecular flexibility index (Phi) is 4.04. The fourth-order valence-electron chi connectivity index (χ4n) is 2.17. The summed E-state index contributed by atoms with van der Waals surface area (Å²) >= 11 is 2.27. The molecule has 3 nitrogen and oxygen atoms in total. The number of benzene rings is 1. The van der Waals surface area contributed by atoms with Gasteiger partial charge in [0, 0.05) is 0 Å². The van der Waals surface area contributed by atoms with Crippen molar-refractivity contribution in [3.8, 4) is 0 Å². The fraction of sp³-hybridized carbons (Fsp3) is 0.462. The number of hydrogen-bond donors (Lipinski definition) is 0. The Balaban J connectivity index is 2.30. The van der Waals surface area contributed by atoms with Gasteiger partial charge in [0.1, 0.15) is 5.92 Å². The number of halogens is 1. The average molecular weight is 346 g/mol. The lowest BCUT2D eigenvalue weighted by atomic mass is 9.94. The van der Waals surface area contributed by atoms with E-state index in [0.717, 1.165) is 5.56 Å². The van der Waals surface area contributed by atoms with Crippen LogP contribution in [-0.4, -0.2) is 23.1 Å². The van der Waals surface area contributed by atoms with Crippen molar-refractivity contribution in [2.75, 3.05) is 7.11 Å². The van der Waals surface area contributed by atoms with Gasteiger partial charge in [0.25, 0.3) is 0 Å². The van der Waals surface area contributed by atoms with Crippen LogP contribution in [0.4, 0.5) is 0 Å². The molecule has 1 aliphatic rings. The predicted molar refractivity (Wildman–Crippen MR) is 73.0 cm³/mol. The van der Waals surface area contributed by atoms with E-state index in [-0.39, 0.29) is 28.0 Å². The van der Waals surface area contributed by atoms with Gasteiger partial charge in [0.2, 0.25) is 0 Å². The van der Waals surface area contributed by atoms with Crippen LogP contribution >= 0.6 is 22.6 Å². The molecule has 0 bridgehead atoms. The number of methoxy groups -OCH3 is 1. The van der Waals surface area contributed by atoms with Crippen molar-refractivity contribution in [1.82, 2.24) is 0 Å². The van der Waals surface area contributed by atoms with E-state index in [0.29, 0.717) is 0 Å². The van der Waals surface area contributed by atoms with Gasteiger partial charge in [-0.1, -0.05) is 52.9 Å². The third-order valence-electron chi connectivity index (χ3n) is 3.08. The van der Waals surface area contributed by atoms with Crippen molar-refractivity contribution in [3.05, 3.63) is 35.9 Å². The second-order valence-corrected chi connectivity index (χ2v) is 5.60. The standard InChI is InChI=1S/C13H15IO3/c1-8-11(14)10(13(15)16-2)12(17-8)9-6-4-3-5-7-9/h3-8,10-12H,1-2H3/t8-,10-,11-,12-/m0/s1. The first-order valence-electron chi connectivity index (χ1n) is 5.57. The van der Waals surface area contributed by atoms with Gasteiger partial charge in [0.15, 0.2) is 0 Å². The first-order valence-corrected chi connectivity index (χ1v) is 6.82. The first-order chi connectivity index (χ1) is 8.15.